The van der Waals surface area contributed by atoms with Crippen molar-refractivity contribution in [3.05, 3.63) is 59.2 Å². The van der Waals surface area contributed by atoms with Crippen LogP contribution in [-0.2, 0) is 5.75 Å². The number of aryl methyl sites for hydroxylation is 1. The fourth-order valence-corrected chi connectivity index (χ4v) is 2.74. The molecular weight excluding hydrogens is 270 g/mol. The van der Waals surface area contributed by atoms with Crippen LogP contribution in [0.2, 0.25) is 0 Å². The van der Waals surface area contributed by atoms with Gasteiger partial charge in [0.1, 0.15) is 0 Å². The van der Waals surface area contributed by atoms with Gasteiger partial charge in [0.05, 0.1) is 0 Å². The molecule has 0 aliphatic heterocycles. The summed E-state index contributed by atoms with van der Waals surface area (Å²) in [5.74, 6) is 5.60. The molecule has 0 spiro atoms. The molecule has 0 bridgehead atoms. The van der Waals surface area contributed by atoms with Crippen LogP contribution in [0.3, 0.4) is 0 Å². The monoisotopic (exact) mass is 287 g/mol. The fourth-order valence-electron chi connectivity index (χ4n) is 1.85. The molecule has 5 heteroatoms. The summed E-state index contributed by atoms with van der Waals surface area (Å²) in [7, 11) is 0. The Morgan fingerprint density at radius 1 is 1.25 bits per heavy atom. The smallest absolute Gasteiger partial charge is 0.265 e. The van der Waals surface area contributed by atoms with E-state index in [1.807, 2.05) is 43.3 Å². The SMILES string of the molecule is Cc1ccc(SCc2cccc(C(=O)NN)c2)c(N)c1. The van der Waals surface area contributed by atoms with Gasteiger partial charge in [-0.3, -0.25) is 10.2 Å². The van der Waals surface area contributed by atoms with E-state index in [0.29, 0.717) is 5.56 Å². The number of carbonyl (C=O) groups is 1. The third-order valence-electron chi connectivity index (χ3n) is 2.88. The summed E-state index contributed by atoms with van der Waals surface area (Å²) < 4.78 is 0. The number of nitrogen functional groups attached to an aromatic ring is 2. The number of anilines is 1. The quantitative estimate of drug-likeness (QED) is 0.265. The van der Waals surface area contributed by atoms with E-state index < -0.39 is 0 Å². The van der Waals surface area contributed by atoms with Gasteiger partial charge in [0.2, 0.25) is 0 Å². The van der Waals surface area contributed by atoms with Crippen LogP contribution in [0, 0.1) is 6.92 Å². The molecule has 0 aliphatic rings. The minimum Gasteiger partial charge on any atom is -0.398 e. The van der Waals surface area contributed by atoms with Crippen LogP contribution in [0.25, 0.3) is 0 Å². The van der Waals surface area contributed by atoms with E-state index in [-0.39, 0.29) is 5.91 Å². The Labute approximate surface area is 122 Å². The normalized spacial score (nSPS) is 10.3. The van der Waals surface area contributed by atoms with Crippen molar-refractivity contribution in [1.82, 2.24) is 5.43 Å². The highest BCUT2D eigenvalue weighted by molar-refractivity contribution is 7.98. The van der Waals surface area contributed by atoms with Crippen molar-refractivity contribution in [3.63, 3.8) is 0 Å². The van der Waals surface area contributed by atoms with Crippen LogP contribution >= 0.6 is 11.8 Å². The van der Waals surface area contributed by atoms with E-state index in [1.54, 1.807) is 17.8 Å². The molecule has 0 fully saturated rings. The summed E-state index contributed by atoms with van der Waals surface area (Å²) in [4.78, 5) is 12.5. The molecule has 1 amide bonds. The zero-order valence-corrected chi connectivity index (χ0v) is 12.0. The third-order valence-corrected chi connectivity index (χ3v) is 4.04. The second kappa shape index (κ2) is 6.45. The zero-order chi connectivity index (χ0) is 14.5. The Hall–Kier alpha value is -1.98. The van der Waals surface area contributed by atoms with Gasteiger partial charge in [-0.15, -0.1) is 11.8 Å². The van der Waals surface area contributed by atoms with Gasteiger partial charge in [-0.25, -0.2) is 5.84 Å². The van der Waals surface area contributed by atoms with Crippen molar-refractivity contribution in [2.75, 3.05) is 5.73 Å². The first-order valence-corrected chi connectivity index (χ1v) is 7.17. The first-order chi connectivity index (χ1) is 9.60. The Morgan fingerprint density at radius 3 is 2.75 bits per heavy atom. The number of hydrogen-bond donors (Lipinski definition) is 3. The second-order valence-corrected chi connectivity index (χ2v) is 5.52. The Kier molecular flexibility index (Phi) is 4.65. The van der Waals surface area contributed by atoms with Crippen molar-refractivity contribution >= 4 is 23.4 Å². The van der Waals surface area contributed by atoms with E-state index in [9.17, 15) is 4.79 Å². The van der Waals surface area contributed by atoms with E-state index in [1.165, 1.54) is 0 Å². The molecular formula is C15H17N3OS. The predicted octanol–water partition coefficient (Wildman–Crippen LogP) is 2.47. The second-order valence-electron chi connectivity index (χ2n) is 4.50. The van der Waals surface area contributed by atoms with Crippen molar-refractivity contribution in [2.24, 2.45) is 5.84 Å². The van der Waals surface area contributed by atoms with Crippen molar-refractivity contribution in [1.29, 1.82) is 0 Å². The molecule has 0 unspecified atom stereocenters. The number of benzene rings is 2. The minimum atomic E-state index is -0.285. The lowest BCUT2D eigenvalue weighted by molar-refractivity contribution is 0.0953. The largest absolute Gasteiger partial charge is 0.398 e. The fraction of sp³-hybridized carbons (Fsp3) is 0.133. The number of nitrogens with one attached hydrogen (secondary N) is 1. The lowest BCUT2D eigenvalue weighted by Crippen LogP contribution is -2.29. The van der Waals surface area contributed by atoms with Crippen LogP contribution in [0.5, 0.6) is 0 Å². The van der Waals surface area contributed by atoms with Crippen molar-refractivity contribution in [2.45, 2.75) is 17.6 Å². The van der Waals surface area contributed by atoms with E-state index in [2.05, 4.69) is 5.43 Å². The van der Waals surface area contributed by atoms with Crippen LogP contribution in [0.4, 0.5) is 5.69 Å². The Balaban J connectivity index is 2.09. The van der Waals surface area contributed by atoms with Gasteiger partial charge in [-0.2, -0.15) is 0 Å². The first kappa shape index (κ1) is 14.4. The Morgan fingerprint density at radius 2 is 2.05 bits per heavy atom. The van der Waals surface area contributed by atoms with E-state index in [4.69, 9.17) is 11.6 Å². The molecule has 2 aromatic carbocycles. The number of hydrogen-bond acceptors (Lipinski definition) is 4. The summed E-state index contributed by atoms with van der Waals surface area (Å²) in [6, 6.07) is 13.4. The van der Waals surface area contributed by atoms with Gasteiger partial charge in [0, 0.05) is 21.9 Å². The van der Waals surface area contributed by atoms with Gasteiger partial charge < -0.3 is 5.73 Å². The van der Waals surface area contributed by atoms with Gasteiger partial charge in [-0.05, 0) is 42.3 Å². The van der Waals surface area contributed by atoms with Crippen LogP contribution in [-0.4, -0.2) is 5.91 Å². The zero-order valence-electron chi connectivity index (χ0n) is 11.2. The highest BCUT2D eigenvalue weighted by Gasteiger charge is 2.05. The van der Waals surface area contributed by atoms with Crippen molar-refractivity contribution < 1.29 is 4.79 Å². The maximum atomic E-state index is 11.5. The topological polar surface area (TPSA) is 81.1 Å². The molecule has 0 aliphatic carbocycles. The molecule has 4 nitrogen and oxygen atoms in total. The highest BCUT2D eigenvalue weighted by Crippen LogP contribution is 2.28. The maximum Gasteiger partial charge on any atom is 0.265 e. The number of hydrazine groups is 1. The van der Waals surface area contributed by atoms with Crippen LogP contribution < -0.4 is 17.0 Å². The molecule has 0 atom stereocenters. The van der Waals surface area contributed by atoms with E-state index in [0.717, 1.165) is 27.5 Å². The summed E-state index contributed by atoms with van der Waals surface area (Å²) in [5, 5.41) is 0. The van der Waals surface area contributed by atoms with Gasteiger partial charge in [-0.1, -0.05) is 18.2 Å². The minimum absolute atomic E-state index is 0.285. The molecule has 0 saturated carbocycles. The molecule has 2 aromatic rings. The number of rotatable bonds is 4. The number of carbonyl (C=O) groups excluding carboxylic acids is 1. The standard InChI is InChI=1S/C15H17N3OS/c1-10-5-6-14(13(16)7-10)20-9-11-3-2-4-12(8-11)15(19)18-17/h2-8H,9,16-17H2,1H3,(H,18,19). The molecule has 20 heavy (non-hydrogen) atoms. The van der Waals surface area contributed by atoms with Crippen LogP contribution in [0.1, 0.15) is 21.5 Å². The maximum absolute atomic E-state index is 11.5. The van der Waals surface area contributed by atoms with Crippen LogP contribution in [0.15, 0.2) is 47.4 Å². The number of nitrogens with two attached hydrogens (primary N) is 2. The van der Waals surface area contributed by atoms with Gasteiger partial charge in [0.15, 0.2) is 0 Å². The number of thioether (sulfide) groups is 1. The molecule has 0 aromatic heterocycles. The average molecular weight is 287 g/mol. The number of amides is 1. The lowest BCUT2D eigenvalue weighted by Gasteiger charge is -2.07. The Bertz CT molecular complexity index is 628. The summed E-state index contributed by atoms with van der Waals surface area (Å²) in [5.41, 5.74) is 11.7. The first-order valence-electron chi connectivity index (χ1n) is 6.19. The predicted molar refractivity (Wildman–Crippen MR) is 83.2 cm³/mol. The summed E-state index contributed by atoms with van der Waals surface area (Å²) in [6.45, 7) is 2.01. The summed E-state index contributed by atoms with van der Waals surface area (Å²) >= 11 is 1.65. The average Bonchev–Trinajstić information content (AvgIpc) is 2.46. The summed E-state index contributed by atoms with van der Waals surface area (Å²) in [6.07, 6.45) is 0. The molecule has 104 valence electrons. The molecule has 5 N–H and O–H groups in total. The molecule has 0 saturated heterocycles. The highest BCUT2D eigenvalue weighted by atomic mass is 32.2. The molecule has 0 radical (unpaired) electrons. The van der Waals surface area contributed by atoms with E-state index >= 15 is 0 Å². The lowest BCUT2D eigenvalue weighted by atomic mass is 10.1. The molecule has 0 heterocycles. The van der Waals surface area contributed by atoms with Crippen molar-refractivity contribution in [3.8, 4) is 0 Å². The third kappa shape index (κ3) is 3.53. The molecule has 2 rings (SSSR count). The van der Waals surface area contributed by atoms with Gasteiger partial charge >= 0.3 is 0 Å². The van der Waals surface area contributed by atoms with Gasteiger partial charge in [0.25, 0.3) is 5.91 Å².